The number of aliphatic hydroxyl groups excluding tert-OH is 1. The lowest BCUT2D eigenvalue weighted by Crippen LogP contribution is -2.24. The van der Waals surface area contributed by atoms with Crippen molar-refractivity contribution in [3.63, 3.8) is 0 Å². The van der Waals surface area contributed by atoms with Crippen LogP contribution in [-0.4, -0.2) is 11.2 Å². The minimum Gasteiger partial charge on any atom is -0.389 e. The van der Waals surface area contributed by atoms with Crippen LogP contribution in [0.5, 0.6) is 0 Å². The Balaban J connectivity index is 2.46. The summed E-state index contributed by atoms with van der Waals surface area (Å²) in [7, 11) is 0. The van der Waals surface area contributed by atoms with Gasteiger partial charge in [-0.1, -0.05) is 20.4 Å². The van der Waals surface area contributed by atoms with Crippen molar-refractivity contribution in [3.05, 3.63) is 12.2 Å². The van der Waals surface area contributed by atoms with Gasteiger partial charge in [-0.05, 0) is 36.7 Å². The molecule has 2 atom stereocenters. The molecule has 1 nitrogen and oxygen atoms in total. The third-order valence-corrected chi connectivity index (χ3v) is 2.78. The van der Waals surface area contributed by atoms with Crippen molar-refractivity contribution in [1.82, 2.24) is 0 Å². The van der Waals surface area contributed by atoms with E-state index in [-0.39, 0.29) is 6.10 Å². The Morgan fingerprint density at radius 1 is 1.55 bits per heavy atom. The Labute approximate surface area is 69.1 Å². The highest BCUT2D eigenvalue weighted by molar-refractivity contribution is 5.05. The van der Waals surface area contributed by atoms with Crippen LogP contribution in [0.4, 0.5) is 0 Å². The molecule has 11 heavy (non-hydrogen) atoms. The van der Waals surface area contributed by atoms with Crippen LogP contribution in [0.3, 0.4) is 0 Å². The molecule has 0 unspecified atom stereocenters. The SMILES string of the molecule is C=C1CC[C@@H](C(C)C)C[C@H]1O. The average molecular weight is 154 g/mol. The smallest absolute Gasteiger partial charge is 0.0750 e. The lowest BCUT2D eigenvalue weighted by atomic mass is 9.78. The number of hydrogen-bond acceptors (Lipinski definition) is 1. The Kier molecular flexibility index (Phi) is 2.72. The number of hydrogen-bond donors (Lipinski definition) is 1. The molecular formula is C10H18O. The molecule has 0 radical (unpaired) electrons. The van der Waals surface area contributed by atoms with Crippen LogP contribution in [0.2, 0.25) is 0 Å². The van der Waals surface area contributed by atoms with Gasteiger partial charge in [-0.2, -0.15) is 0 Å². The first-order valence-electron chi connectivity index (χ1n) is 4.47. The molecule has 0 amide bonds. The zero-order valence-electron chi connectivity index (χ0n) is 7.51. The summed E-state index contributed by atoms with van der Waals surface area (Å²) in [5, 5.41) is 9.50. The zero-order valence-corrected chi connectivity index (χ0v) is 7.51. The lowest BCUT2D eigenvalue weighted by Gasteiger charge is -2.30. The molecule has 1 aliphatic rings. The fourth-order valence-electron chi connectivity index (χ4n) is 1.71. The van der Waals surface area contributed by atoms with E-state index in [1.54, 1.807) is 0 Å². The van der Waals surface area contributed by atoms with Gasteiger partial charge in [0.1, 0.15) is 0 Å². The van der Waals surface area contributed by atoms with E-state index in [0.29, 0.717) is 11.8 Å². The Bertz CT molecular complexity index is 149. The molecule has 0 aliphatic heterocycles. The fraction of sp³-hybridized carbons (Fsp3) is 0.800. The van der Waals surface area contributed by atoms with Crippen LogP contribution < -0.4 is 0 Å². The molecule has 0 aromatic heterocycles. The van der Waals surface area contributed by atoms with Gasteiger partial charge in [0.15, 0.2) is 0 Å². The third-order valence-electron chi connectivity index (χ3n) is 2.78. The quantitative estimate of drug-likeness (QED) is 0.575. The molecule has 0 heterocycles. The van der Waals surface area contributed by atoms with Crippen LogP contribution >= 0.6 is 0 Å². The van der Waals surface area contributed by atoms with E-state index in [2.05, 4.69) is 20.4 Å². The van der Waals surface area contributed by atoms with E-state index < -0.39 is 0 Å². The van der Waals surface area contributed by atoms with Crippen molar-refractivity contribution in [2.75, 3.05) is 0 Å². The Morgan fingerprint density at radius 2 is 2.18 bits per heavy atom. The second kappa shape index (κ2) is 3.40. The largest absolute Gasteiger partial charge is 0.389 e. The van der Waals surface area contributed by atoms with Crippen molar-refractivity contribution >= 4 is 0 Å². The molecular weight excluding hydrogens is 136 g/mol. The molecule has 0 saturated heterocycles. The molecule has 1 aliphatic carbocycles. The molecule has 0 bridgehead atoms. The maximum atomic E-state index is 9.50. The van der Waals surface area contributed by atoms with Gasteiger partial charge in [0.05, 0.1) is 6.10 Å². The van der Waals surface area contributed by atoms with E-state index in [1.165, 1.54) is 6.42 Å². The third kappa shape index (κ3) is 2.06. The van der Waals surface area contributed by atoms with E-state index in [0.717, 1.165) is 18.4 Å². The van der Waals surface area contributed by atoms with Crippen LogP contribution in [0.15, 0.2) is 12.2 Å². The van der Waals surface area contributed by atoms with Gasteiger partial charge in [-0.15, -0.1) is 0 Å². The second-order valence-corrected chi connectivity index (χ2v) is 3.95. The van der Waals surface area contributed by atoms with Crippen molar-refractivity contribution in [2.24, 2.45) is 11.8 Å². The topological polar surface area (TPSA) is 20.2 Å². The highest BCUT2D eigenvalue weighted by atomic mass is 16.3. The van der Waals surface area contributed by atoms with Crippen molar-refractivity contribution in [1.29, 1.82) is 0 Å². The van der Waals surface area contributed by atoms with Crippen molar-refractivity contribution in [3.8, 4) is 0 Å². The van der Waals surface area contributed by atoms with Gasteiger partial charge < -0.3 is 5.11 Å². The molecule has 0 spiro atoms. The van der Waals surface area contributed by atoms with E-state index in [1.807, 2.05) is 0 Å². The van der Waals surface area contributed by atoms with Gasteiger partial charge in [0, 0.05) is 0 Å². The summed E-state index contributed by atoms with van der Waals surface area (Å²) in [5.74, 6) is 1.41. The predicted molar refractivity (Wildman–Crippen MR) is 47.3 cm³/mol. The lowest BCUT2D eigenvalue weighted by molar-refractivity contribution is 0.130. The summed E-state index contributed by atoms with van der Waals surface area (Å²) in [6, 6.07) is 0. The van der Waals surface area contributed by atoms with Crippen LogP contribution in [0.25, 0.3) is 0 Å². The summed E-state index contributed by atoms with van der Waals surface area (Å²) >= 11 is 0. The maximum absolute atomic E-state index is 9.50. The summed E-state index contributed by atoms with van der Waals surface area (Å²) in [6.07, 6.45) is 2.93. The minimum atomic E-state index is -0.226. The van der Waals surface area contributed by atoms with Crippen molar-refractivity contribution in [2.45, 2.75) is 39.2 Å². The highest BCUT2D eigenvalue weighted by Crippen LogP contribution is 2.31. The molecule has 64 valence electrons. The monoisotopic (exact) mass is 154 g/mol. The highest BCUT2D eigenvalue weighted by Gasteiger charge is 2.24. The Morgan fingerprint density at radius 3 is 2.64 bits per heavy atom. The summed E-state index contributed by atoms with van der Waals surface area (Å²) in [6.45, 7) is 8.29. The van der Waals surface area contributed by atoms with Crippen LogP contribution in [0, 0.1) is 11.8 Å². The predicted octanol–water partition coefficient (Wildman–Crippen LogP) is 2.36. The minimum absolute atomic E-state index is 0.226. The summed E-state index contributed by atoms with van der Waals surface area (Å²) < 4.78 is 0. The molecule has 1 fully saturated rings. The van der Waals surface area contributed by atoms with Crippen LogP contribution in [0.1, 0.15) is 33.1 Å². The molecule has 0 aromatic carbocycles. The zero-order chi connectivity index (χ0) is 8.43. The van der Waals surface area contributed by atoms with Gasteiger partial charge in [0.25, 0.3) is 0 Å². The second-order valence-electron chi connectivity index (χ2n) is 3.95. The summed E-state index contributed by atoms with van der Waals surface area (Å²) in [4.78, 5) is 0. The molecule has 0 aromatic rings. The number of aliphatic hydroxyl groups is 1. The fourth-order valence-corrected chi connectivity index (χ4v) is 1.71. The van der Waals surface area contributed by atoms with E-state index >= 15 is 0 Å². The maximum Gasteiger partial charge on any atom is 0.0750 e. The van der Waals surface area contributed by atoms with Gasteiger partial charge in [0.2, 0.25) is 0 Å². The average Bonchev–Trinajstić information content (AvgIpc) is 1.94. The standard InChI is InChI=1S/C10H18O/c1-7(2)9-5-4-8(3)10(11)6-9/h7,9-11H,3-6H2,1-2H3/t9-,10-/m1/s1. The molecule has 1 N–H and O–H groups in total. The first kappa shape index (κ1) is 8.79. The van der Waals surface area contributed by atoms with Gasteiger partial charge >= 0.3 is 0 Å². The van der Waals surface area contributed by atoms with Crippen molar-refractivity contribution < 1.29 is 5.11 Å². The molecule has 1 saturated carbocycles. The normalized spacial score (nSPS) is 32.9. The van der Waals surface area contributed by atoms with E-state index in [9.17, 15) is 5.11 Å². The number of rotatable bonds is 1. The molecule has 1 rings (SSSR count). The van der Waals surface area contributed by atoms with Gasteiger partial charge in [-0.25, -0.2) is 0 Å². The first-order valence-corrected chi connectivity index (χ1v) is 4.47. The summed E-state index contributed by atoms with van der Waals surface area (Å²) in [5.41, 5.74) is 1.03. The van der Waals surface area contributed by atoms with Crippen LogP contribution in [-0.2, 0) is 0 Å². The first-order chi connectivity index (χ1) is 5.11. The Hall–Kier alpha value is -0.300. The van der Waals surface area contributed by atoms with Gasteiger partial charge in [-0.3, -0.25) is 0 Å². The van der Waals surface area contributed by atoms with E-state index in [4.69, 9.17) is 0 Å². The molecule has 1 heteroatoms.